The van der Waals surface area contributed by atoms with Crippen LogP contribution in [-0.4, -0.2) is 57.5 Å². The molecule has 1 unspecified atom stereocenters. The van der Waals surface area contributed by atoms with E-state index in [2.05, 4.69) is 10.0 Å². The lowest BCUT2D eigenvalue weighted by atomic mass is 10.2. The molecular weight excluding hydrogens is 270 g/mol. The zero-order valence-electron chi connectivity index (χ0n) is 11.5. The van der Waals surface area contributed by atoms with Gasteiger partial charge in [-0.25, -0.2) is 4.72 Å². The fourth-order valence-electron chi connectivity index (χ4n) is 2.03. The largest absolute Gasteiger partial charge is 0.465 e. The van der Waals surface area contributed by atoms with Crippen LogP contribution in [-0.2, 0) is 19.7 Å². The normalized spacial score (nSPS) is 20.6. The minimum Gasteiger partial charge on any atom is -0.465 e. The molecule has 1 atom stereocenters. The van der Waals surface area contributed by atoms with Crippen LogP contribution in [0.1, 0.15) is 26.7 Å². The molecule has 19 heavy (non-hydrogen) atoms. The lowest BCUT2D eigenvalue weighted by Crippen LogP contribution is -2.48. The highest BCUT2D eigenvalue weighted by Gasteiger charge is 2.39. The van der Waals surface area contributed by atoms with Crippen LogP contribution in [0.25, 0.3) is 0 Å². The fraction of sp³-hybridized carbons (Fsp3) is 0.909. The van der Waals surface area contributed by atoms with E-state index >= 15 is 0 Å². The molecule has 1 aliphatic rings. The van der Waals surface area contributed by atoms with Crippen LogP contribution < -0.4 is 10.0 Å². The van der Waals surface area contributed by atoms with E-state index in [4.69, 9.17) is 4.74 Å². The van der Waals surface area contributed by atoms with E-state index < -0.39 is 22.2 Å². The lowest BCUT2D eigenvalue weighted by molar-refractivity contribution is -0.146. The first-order valence-corrected chi connectivity index (χ1v) is 8.10. The molecule has 1 saturated heterocycles. The Morgan fingerprint density at radius 2 is 2.11 bits per heavy atom. The zero-order chi connectivity index (χ0) is 14.3. The molecule has 0 spiro atoms. The van der Waals surface area contributed by atoms with Crippen LogP contribution in [0, 0.1) is 0 Å². The molecule has 0 aromatic carbocycles. The maximum absolute atomic E-state index is 12.1. The SMILES string of the molecule is CCNCCNS(=O)(=O)N1CCCC1C(=O)OCC. The molecule has 0 saturated carbocycles. The number of esters is 1. The van der Waals surface area contributed by atoms with E-state index in [0.29, 0.717) is 32.5 Å². The number of nitrogens with zero attached hydrogens (tertiary/aromatic N) is 1. The maximum atomic E-state index is 12.1. The molecule has 8 heteroatoms. The fourth-order valence-corrected chi connectivity index (χ4v) is 3.45. The van der Waals surface area contributed by atoms with Crippen LogP contribution in [0.3, 0.4) is 0 Å². The second kappa shape index (κ2) is 7.78. The van der Waals surface area contributed by atoms with Crippen molar-refractivity contribution in [1.29, 1.82) is 0 Å². The van der Waals surface area contributed by atoms with Gasteiger partial charge in [-0.05, 0) is 26.3 Å². The van der Waals surface area contributed by atoms with E-state index in [9.17, 15) is 13.2 Å². The molecule has 0 aromatic heterocycles. The van der Waals surface area contributed by atoms with Gasteiger partial charge in [0.25, 0.3) is 10.2 Å². The van der Waals surface area contributed by atoms with Crippen LogP contribution in [0.4, 0.5) is 0 Å². The smallest absolute Gasteiger partial charge is 0.324 e. The Kier molecular flexibility index (Phi) is 6.70. The number of hydrogen-bond acceptors (Lipinski definition) is 5. The minimum absolute atomic E-state index is 0.261. The topological polar surface area (TPSA) is 87.7 Å². The van der Waals surface area contributed by atoms with Gasteiger partial charge in [0.15, 0.2) is 0 Å². The third-order valence-electron chi connectivity index (χ3n) is 2.91. The van der Waals surface area contributed by atoms with Crippen molar-refractivity contribution >= 4 is 16.2 Å². The number of carbonyl (C=O) groups is 1. The van der Waals surface area contributed by atoms with E-state index in [-0.39, 0.29) is 6.61 Å². The lowest BCUT2D eigenvalue weighted by Gasteiger charge is -2.22. The van der Waals surface area contributed by atoms with Gasteiger partial charge in [-0.1, -0.05) is 6.92 Å². The Labute approximate surface area is 114 Å². The highest BCUT2D eigenvalue weighted by atomic mass is 32.2. The minimum atomic E-state index is -3.61. The standard InChI is InChI=1S/C11H23N3O4S/c1-3-12-7-8-13-19(16,17)14-9-5-6-10(14)11(15)18-4-2/h10,12-13H,3-9H2,1-2H3. The summed E-state index contributed by atoms with van der Waals surface area (Å²) in [6.07, 6.45) is 1.20. The Bertz CT molecular complexity index is 385. The van der Waals surface area contributed by atoms with Crippen LogP contribution in [0.15, 0.2) is 0 Å². The first-order valence-electron chi connectivity index (χ1n) is 6.66. The number of likely N-dealkylation sites (N-methyl/N-ethyl adjacent to an activating group) is 1. The molecule has 1 aliphatic heterocycles. The zero-order valence-corrected chi connectivity index (χ0v) is 12.3. The number of hydrogen-bond donors (Lipinski definition) is 2. The number of nitrogens with one attached hydrogen (secondary N) is 2. The predicted molar refractivity (Wildman–Crippen MR) is 71.8 cm³/mol. The third kappa shape index (κ3) is 4.72. The summed E-state index contributed by atoms with van der Waals surface area (Å²) < 4.78 is 32.8. The molecule has 1 fully saturated rings. The highest BCUT2D eigenvalue weighted by molar-refractivity contribution is 7.87. The summed E-state index contributed by atoms with van der Waals surface area (Å²) in [5, 5.41) is 3.03. The van der Waals surface area contributed by atoms with Gasteiger partial charge in [0.2, 0.25) is 0 Å². The number of ether oxygens (including phenoxy) is 1. The van der Waals surface area contributed by atoms with Gasteiger partial charge in [-0.15, -0.1) is 0 Å². The summed E-state index contributed by atoms with van der Waals surface area (Å²) in [7, 11) is -3.61. The summed E-state index contributed by atoms with van der Waals surface area (Å²) in [5.74, 6) is -0.461. The van der Waals surface area contributed by atoms with Gasteiger partial charge >= 0.3 is 5.97 Å². The van der Waals surface area contributed by atoms with E-state index in [1.807, 2.05) is 6.92 Å². The van der Waals surface area contributed by atoms with E-state index in [1.165, 1.54) is 4.31 Å². The first-order chi connectivity index (χ1) is 9.03. The van der Waals surface area contributed by atoms with Crippen molar-refractivity contribution in [1.82, 2.24) is 14.3 Å². The van der Waals surface area contributed by atoms with Crippen LogP contribution >= 0.6 is 0 Å². The summed E-state index contributed by atoms with van der Waals surface area (Å²) in [4.78, 5) is 11.7. The summed E-state index contributed by atoms with van der Waals surface area (Å²) in [6.45, 7) is 5.94. The molecule has 0 amide bonds. The Hall–Kier alpha value is -0.700. The highest BCUT2D eigenvalue weighted by Crippen LogP contribution is 2.21. The molecule has 0 aliphatic carbocycles. The van der Waals surface area contributed by atoms with Crippen molar-refractivity contribution in [2.45, 2.75) is 32.7 Å². The maximum Gasteiger partial charge on any atom is 0.324 e. The predicted octanol–water partition coefficient (Wildman–Crippen LogP) is -0.542. The molecule has 0 radical (unpaired) electrons. The molecule has 112 valence electrons. The van der Waals surface area contributed by atoms with Crippen molar-refractivity contribution in [3.05, 3.63) is 0 Å². The quantitative estimate of drug-likeness (QED) is 0.463. The molecule has 2 N–H and O–H groups in total. The first kappa shape index (κ1) is 16.4. The molecule has 1 heterocycles. The van der Waals surface area contributed by atoms with Gasteiger partial charge in [0.1, 0.15) is 6.04 Å². The Morgan fingerprint density at radius 1 is 1.37 bits per heavy atom. The summed E-state index contributed by atoms with van der Waals surface area (Å²) in [5.41, 5.74) is 0. The average Bonchev–Trinajstić information content (AvgIpc) is 2.85. The molecule has 7 nitrogen and oxygen atoms in total. The molecule has 0 bridgehead atoms. The molecule has 0 aromatic rings. The number of carbonyl (C=O) groups excluding carboxylic acids is 1. The van der Waals surface area contributed by atoms with Crippen LogP contribution in [0.2, 0.25) is 0 Å². The van der Waals surface area contributed by atoms with Crippen molar-refractivity contribution in [3.63, 3.8) is 0 Å². The monoisotopic (exact) mass is 293 g/mol. The van der Waals surface area contributed by atoms with Crippen LogP contribution in [0.5, 0.6) is 0 Å². The third-order valence-corrected chi connectivity index (χ3v) is 4.53. The second-order valence-electron chi connectivity index (χ2n) is 4.27. The van der Waals surface area contributed by atoms with E-state index in [1.54, 1.807) is 6.92 Å². The van der Waals surface area contributed by atoms with Gasteiger partial charge < -0.3 is 10.1 Å². The Morgan fingerprint density at radius 3 is 2.74 bits per heavy atom. The summed E-state index contributed by atoms with van der Waals surface area (Å²) >= 11 is 0. The summed E-state index contributed by atoms with van der Waals surface area (Å²) in [6, 6.07) is -0.684. The average molecular weight is 293 g/mol. The van der Waals surface area contributed by atoms with Gasteiger partial charge in [-0.3, -0.25) is 4.79 Å². The van der Waals surface area contributed by atoms with Gasteiger partial charge in [0.05, 0.1) is 6.61 Å². The second-order valence-corrected chi connectivity index (χ2v) is 5.98. The van der Waals surface area contributed by atoms with Crippen molar-refractivity contribution in [2.24, 2.45) is 0 Å². The molecule has 1 rings (SSSR count). The van der Waals surface area contributed by atoms with E-state index in [0.717, 1.165) is 6.54 Å². The van der Waals surface area contributed by atoms with Crippen molar-refractivity contribution in [3.8, 4) is 0 Å². The molecular formula is C11H23N3O4S. The van der Waals surface area contributed by atoms with Crippen molar-refractivity contribution in [2.75, 3.05) is 32.8 Å². The van der Waals surface area contributed by atoms with Gasteiger partial charge in [-0.2, -0.15) is 12.7 Å². The van der Waals surface area contributed by atoms with Crippen molar-refractivity contribution < 1.29 is 17.9 Å². The van der Waals surface area contributed by atoms with Gasteiger partial charge in [0, 0.05) is 19.6 Å². The number of rotatable bonds is 8. The Balaban J connectivity index is 2.58.